The maximum atomic E-state index is 12.5. The predicted octanol–water partition coefficient (Wildman–Crippen LogP) is 4.82. The average Bonchev–Trinajstić information content (AvgIpc) is 2.93. The highest BCUT2D eigenvalue weighted by Gasteiger charge is 2.20. The molecule has 1 aromatic carbocycles. The highest BCUT2D eigenvalue weighted by molar-refractivity contribution is 8.00. The second-order valence-electron chi connectivity index (χ2n) is 5.64. The van der Waals surface area contributed by atoms with Crippen LogP contribution in [0.4, 0.5) is 5.69 Å². The fourth-order valence-electron chi connectivity index (χ4n) is 2.30. The lowest BCUT2D eigenvalue weighted by atomic mass is 10.3. The smallest absolute Gasteiger partial charge is 0.253 e. The first-order valence-corrected chi connectivity index (χ1v) is 9.59. The summed E-state index contributed by atoms with van der Waals surface area (Å²) in [7, 11) is 0. The fraction of sp³-hybridized carbons (Fsp3) is 0.250. The summed E-state index contributed by atoms with van der Waals surface area (Å²) in [6.07, 6.45) is 0. The van der Waals surface area contributed by atoms with E-state index in [-0.39, 0.29) is 16.0 Å². The van der Waals surface area contributed by atoms with Crippen molar-refractivity contribution >= 4 is 63.9 Å². The minimum absolute atomic E-state index is 0.272. The van der Waals surface area contributed by atoms with Crippen LogP contribution in [0.25, 0.3) is 5.78 Å². The predicted molar refractivity (Wildman–Crippen MR) is 106 cm³/mol. The van der Waals surface area contributed by atoms with Gasteiger partial charge in [0.1, 0.15) is 0 Å². The van der Waals surface area contributed by atoms with Crippen molar-refractivity contribution in [3.05, 3.63) is 44.7 Å². The molecule has 0 aliphatic heterocycles. The summed E-state index contributed by atoms with van der Waals surface area (Å²) < 4.78 is 1.65. The van der Waals surface area contributed by atoms with Gasteiger partial charge in [0.25, 0.3) is 5.78 Å². The number of hydrogen-bond donors (Lipinski definition) is 1. The summed E-state index contributed by atoms with van der Waals surface area (Å²) in [5.41, 5.74) is 2.10. The molecule has 0 unspecified atom stereocenters. The number of carbonyl (C=O) groups is 1. The number of anilines is 1. The van der Waals surface area contributed by atoms with Crippen LogP contribution in [0.2, 0.25) is 15.1 Å². The second-order valence-corrected chi connectivity index (χ2v) is 8.20. The Hall–Kier alpha value is -1.54. The maximum absolute atomic E-state index is 12.5. The van der Waals surface area contributed by atoms with Crippen LogP contribution in [0, 0.1) is 13.8 Å². The van der Waals surface area contributed by atoms with Crippen LogP contribution in [-0.2, 0) is 4.79 Å². The minimum Gasteiger partial charge on any atom is -0.323 e. The van der Waals surface area contributed by atoms with E-state index in [0.717, 1.165) is 11.4 Å². The Balaban J connectivity index is 1.77. The van der Waals surface area contributed by atoms with Gasteiger partial charge in [-0.1, -0.05) is 46.6 Å². The third kappa shape index (κ3) is 4.06. The van der Waals surface area contributed by atoms with Crippen LogP contribution in [0.5, 0.6) is 0 Å². The first-order valence-electron chi connectivity index (χ1n) is 7.57. The SMILES string of the molecule is Cc1cc(C)n2nc(S[C@H](C)C(=O)Nc3c(Cl)cc(Cl)cc3Cl)nc2n1. The molecule has 0 saturated heterocycles. The third-order valence-corrected chi connectivity index (χ3v) is 5.27. The minimum atomic E-state index is -0.475. The molecule has 2 aromatic heterocycles. The number of fused-ring (bicyclic) bond motifs is 1. The maximum Gasteiger partial charge on any atom is 0.253 e. The van der Waals surface area contributed by atoms with Gasteiger partial charge < -0.3 is 5.32 Å². The van der Waals surface area contributed by atoms with Crippen LogP contribution in [0.15, 0.2) is 23.4 Å². The van der Waals surface area contributed by atoms with E-state index < -0.39 is 5.25 Å². The van der Waals surface area contributed by atoms with Crippen molar-refractivity contribution in [2.75, 3.05) is 5.32 Å². The highest BCUT2D eigenvalue weighted by Crippen LogP contribution is 2.34. The van der Waals surface area contributed by atoms with Crippen molar-refractivity contribution in [2.45, 2.75) is 31.2 Å². The van der Waals surface area contributed by atoms with Gasteiger partial charge in [0.2, 0.25) is 11.1 Å². The molecule has 0 aliphatic rings. The summed E-state index contributed by atoms with van der Waals surface area (Å²) >= 11 is 19.3. The number of thioether (sulfide) groups is 1. The molecule has 0 radical (unpaired) electrons. The number of carbonyl (C=O) groups excluding carboxylic acids is 1. The summed E-state index contributed by atoms with van der Waals surface area (Å²) in [6.45, 7) is 5.56. The van der Waals surface area contributed by atoms with Crippen LogP contribution in [-0.4, -0.2) is 30.7 Å². The zero-order valence-corrected chi connectivity index (χ0v) is 17.1. The van der Waals surface area contributed by atoms with Gasteiger partial charge in [-0.25, -0.2) is 9.50 Å². The first-order chi connectivity index (χ1) is 12.2. The van der Waals surface area contributed by atoms with Gasteiger partial charge in [0, 0.05) is 16.4 Å². The molecule has 0 saturated carbocycles. The van der Waals surface area contributed by atoms with E-state index in [1.165, 1.54) is 23.9 Å². The van der Waals surface area contributed by atoms with Gasteiger partial charge in [-0.15, -0.1) is 5.10 Å². The summed E-state index contributed by atoms with van der Waals surface area (Å²) in [6, 6.07) is 4.95. The number of benzene rings is 1. The van der Waals surface area contributed by atoms with E-state index in [9.17, 15) is 4.79 Å². The van der Waals surface area contributed by atoms with Crippen molar-refractivity contribution < 1.29 is 4.79 Å². The molecule has 26 heavy (non-hydrogen) atoms. The number of aryl methyl sites for hydroxylation is 2. The molecule has 10 heteroatoms. The summed E-state index contributed by atoms with van der Waals surface area (Å²) in [4.78, 5) is 21.2. The quantitative estimate of drug-likeness (QED) is 0.601. The zero-order chi connectivity index (χ0) is 19.0. The molecule has 0 aliphatic carbocycles. The van der Waals surface area contributed by atoms with Crippen LogP contribution >= 0.6 is 46.6 Å². The number of hydrogen-bond acceptors (Lipinski definition) is 5. The van der Waals surface area contributed by atoms with Gasteiger partial charge in [0.05, 0.1) is 21.0 Å². The number of nitrogens with zero attached hydrogens (tertiary/aromatic N) is 4. The lowest BCUT2D eigenvalue weighted by molar-refractivity contribution is -0.115. The molecular formula is C16H14Cl3N5OS. The Morgan fingerprint density at radius 3 is 2.46 bits per heavy atom. The average molecular weight is 431 g/mol. The monoisotopic (exact) mass is 429 g/mol. The van der Waals surface area contributed by atoms with Gasteiger partial charge in [0.15, 0.2) is 0 Å². The van der Waals surface area contributed by atoms with E-state index in [2.05, 4.69) is 20.4 Å². The molecule has 1 amide bonds. The Kier molecular flexibility index (Phi) is 5.62. The van der Waals surface area contributed by atoms with Crippen molar-refractivity contribution in [3.8, 4) is 0 Å². The second kappa shape index (κ2) is 7.60. The molecule has 136 valence electrons. The third-order valence-electron chi connectivity index (χ3n) is 3.51. The molecule has 1 atom stereocenters. The number of amides is 1. The molecule has 0 fully saturated rings. The molecule has 0 bridgehead atoms. The Morgan fingerprint density at radius 1 is 1.15 bits per heavy atom. The summed E-state index contributed by atoms with van der Waals surface area (Å²) in [5.74, 6) is 0.224. The zero-order valence-electron chi connectivity index (χ0n) is 14.0. The van der Waals surface area contributed by atoms with E-state index in [4.69, 9.17) is 34.8 Å². The molecule has 3 rings (SSSR count). The standard InChI is InChI=1S/C16H14Cl3N5OS/c1-7-4-8(2)24-15(20-7)22-16(23-24)26-9(3)14(25)21-13-11(18)5-10(17)6-12(13)19/h4-6,9H,1-3H3,(H,21,25)/t9-/m1/s1. The molecule has 0 spiro atoms. The van der Waals surface area contributed by atoms with Crippen LogP contribution in [0.3, 0.4) is 0 Å². The van der Waals surface area contributed by atoms with Gasteiger partial charge >= 0.3 is 0 Å². The molecule has 6 nitrogen and oxygen atoms in total. The summed E-state index contributed by atoms with van der Waals surface area (Å²) in [5, 5.41) is 8.03. The number of aromatic nitrogens is 4. The van der Waals surface area contributed by atoms with Gasteiger partial charge in [-0.05, 0) is 39.0 Å². The van der Waals surface area contributed by atoms with Crippen molar-refractivity contribution in [3.63, 3.8) is 0 Å². The van der Waals surface area contributed by atoms with Gasteiger partial charge in [-0.2, -0.15) is 4.98 Å². The Bertz CT molecular complexity index is 984. The largest absolute Gasteiger partial charge is 0.323 e. The van der Waals surface area contributed by atoms with E-state index in [1.807, 2.05) is 19.9 Å². The van der Waals surface area contributed by atoms with Gasteiger partial charge in [-0.3, -0.25) is 4.79 Å². The van der Waals surface area contributed by atoms with Crippen molar-refractivity contribution in [2.24, 2.45) is 0 Å². The highest BCUT2D eigenvalue weighted by atomic mass is 35.5. The van der Waals surface area contributed by atoms with E-state index in [0.29, 0.717) is 21.6 Å². The van der Waals surface area contributed by atoms with Crippen molar-refractivity contribution in [1.29, 1.82) is 0 Å². The number of nitrogens with one attached hydrogen (secondary N) is 1. The number of rotatable bonds is 4. The first kappa shape index (κ1) is 19.2. The fourth-order valence-corrected chi connectivity index (χ4v) is 3.95. The molecule has 2 heterocycles. The normalized spacial score (nSPS) is 12.4. The lowest BCUT2D eigenvalue weighted by Gasteiger charge is -2.13. The van der Waals surface area contributed by atoms with E-state index in [1.54, 1.807) is 11.4 Å². The van der Waals surface area contributed by atoms with Crippen molar-refractivity contribution in [1.82, 2.24) is 19.6 Å². The van der Waals surface area contributed by atoms with Crippen LogP contribution in [0.1, 0.15) is 18.3 Å². The Morgan fingerprint density at radius 2 is 1.81 bits per heavy atom. The number of halogens is 3. The molecule has 1 N–H and O–H groups in total. The molecule has 3 aromatic rings. The Labute approximate surface area is 169 Å². The lowest BCUT2D eigenvalue weighted by Crippen LogP contribution is -2.23. The van der Waals surface area contributed by atoms with E-state index >= 15 is 0 Å². The topological polar surface area (TPSA) is 72.2 Å². The molecular weight excluding hydrogens is 417 g/mol. The van der Waals surface area contributed by atoms with Crippen LogP contribution < -0.4 is 5.32 Å².